The maximum absolute atomic E-state index is 12.8. The van der Waals surface area contributed by atoms with E-state index in [9.17, 15) is 13.2 Å². The van der Waals surface area contributed by atoms with Gasteiger partial charge >= 0.3 is 0 Å². The number of aryl methyl sites for hydroxylation is 1. The van der Waals surface area contributed by atoms with Crippen molar-refractivity contribution in [2.45, 2.75) is 11.8 Å². The standard InChI is InChI=1S/C20H16N4O5S2/c1-11-6-18(22-19(25)12-4-3-5-13(7-12)31(2,26)27)24(23-11)20-21-14-8-15-16(29-10-28-15)9-17(14)30-20/h3-9H,10H2,1-2H3,(H,22,25). The van der Waals surface area contributed by atoms with Gasteiger partial charge in [-0.1, -0.05) is 17.4 Å². The molecule has 0 aliphatic carbocycles. The van der Waals surface area contributed by atoms with Crippen molar-refractivity contribution < 1.29 is 22.7 Å². The molecule has 158 valence electrons. The molecule has 2 aromatic carbocycles. The SMILES string of the molecule is Cc1cc(NC(=O)c2cccc(S(C)(=O)=O)c2)n(-c2nc3cc4c(cc3s2)OCO4)n1. The van der Waals surface area contributed by atoms with Crippen molar-refractivity contribution in [2.24, 2.45) is 0 Å². The molecule has 11 heteroatoms. The summed E-state index contributed by atoms with van der Waals surface area (Å²) < 4.78 is 36.9. The quantitative estimate of drug-likeness (QED) is 0.502. The number of benzene rings is 2. The van der Waals surface area contributed by atoms with Gasteiger partial charge in [0.1, 0.15) is 5.82 Å². The molecular formula is C20H16N4O5S2. The average Bonchev–Trinajstić information content (AvgIpc) is 3.43. The molecule has 0 saturated heterocycles. The van der Waals surface area contributed by atoms with Gasteiger partial charge in [-0.15, -0.1) is 0 Å². The molecule has 0 fully saturated rings. The molecule has 0 spiro atoms. The van der Waals surface area contributed by atoms with Gasteiger partial charge in [-0.05, 0) is 25.1 Å². The molecule has 0 radical (unpaired) electrons. The van der Waals surface area contributed by atoms with Gasteiger partial charge in [0, 0.05) is 30.0 Å². The van der Waals surface area contributed by atoms with E-state index in [2.05, 4.69) is 15.4 Å². The van der Waals surface area contributed by atoms with Crippen molar-refractivity contribution in [1.29, 1.82) is 0 Å². The van der Waals surface area contributed by atoms with E-state index < -0.39 is 15.7 Å². The third-order valence-corrected chi connectivity index (χ3v) is 6.75. The number of carbonyl (C=O) groups excluding carboxylic acids is 1. The molecule has 9 nitrogen and oxygen atoms in total. The first-order valence-corrected chi connectivity index (χ1v) is 11.9. The lowest BCUT2D eigenvalue weighted by atomic mass is 10.2. The third kappa shape index (κ3) is 3.62. The van der Waals surface area contributed by atoms with Crippen LogP contribution >= 0.6 is 11.3 Å². The summed E-state index contributed by atoms with van der Waals surface area (Å²) in [5, 5.41) is 7.81. The van der Waals surface area contributed by atoms with Crippen LogP contribution in [0.25, 0.3) is 15.3 Å². The number of thiazole rings is 1. The van der Waals surface area contributed by atoms with E-state index in [0.717, 1.165) is 16.5 Å². The topological polar surface area (TPSA) is 112 Å². The molecule has 4 aromatic rings. The number of hydrogen-bond donors (Lipinski definition) is 1. The molecule has 1 N–H and O–H groups in total. The highest BCUT2D eigenvalue weighted by Gasteiger charge is 2.20. The molecule has 1 aliphatic rings. The van der Waals surface area contributed by atoms with Gasteiger partial charge in [-0.3, -0.25) is 4.79 Å². The van der Waals surface area contributed by atoms with Gasteiger partial charge in [0.2, 0.25) is 11.9 Å². The summed E-state index contributed by atoms with van der Waals surface area (Å²) in [6, 6.07) is 11.3. The number of carbonyl (C=O) groups is 1. The Balaban J connectivity index is 1.49. The monoisotopic (exact) mass is 456 g/mol. The fourth-order valence-corrected chi connectivity index (χ4v) is 4.80. The normalized spacial score (nSPS) is 13.0. The van der Waals surface area contributed by atoms with Crippen molar-refractivity contribution in [3.63, 3.8) is 0 Å². The van der Waals surface area contributed by atoms with E-state index in [-0.39, 0.29) is 17.3 Å². The lowest BCUT2D eigenvalue weighted by Crippen LogP contribution is -2.15. The van der Waals surface area contributed by atoms with Gasteiger partial charge in [-0.2, -0.15) is 9.78 Å². The summed E-state index contributed by atoms with van der Waals surface area (Å²) in [7, 11) is -3.42. The predicted molar refractivity (Wildman–Crippen MR) is 115 cm³/mol. The maximum atomic E-state index is 12.8. The molecule has 0 atom stereocenters. The first kappa shape index (κ1) is 19.5. The molecule has 0 saturated carbocycles. The number of nitrogens with zero attached hydrogens (tertiary/aromatic N) is 3. The molecule has 1 amide bonds. The third-order valence-electron chi connectivity index (χ3n) is 4.65. The Hall–Kier alpha value is -3.44. The van der Waals surface area contributed by atoms with E-state index in [1.807, 2.05) is 12.1 Å². The Bertz CT molecular complexity index is 1410. The number of aromatic nitrogens is 3. The number of rotatable bonds is 4. The van der Waals surface area contributed by atoms with Crippen LogP contribution in [0, 0.1) is 6.92 Å². The zero-order valence-electron chi connectivity index (χ0n) is 16.4. The number of anilines is 1. The minimum Gasteiger partial charge on any atom is -0.454 e. The number of sulfone groups is 1. The van der Waals surface area contributed by atoms with Gasteiger partial charge in [-0.25, -0.2) is 13.4 Å². The van der Waals surface area contributed by atoms with Crippen molar-refractivity contribution in [3.8, 4) is 16.6 Å². The number of ether oxygens (including phenoxy) is 2. The fraction of sp³-hybridized carbons (Fsp3) is 0.150. The first-order valence-electron chi connectivity index (χ1n) is 9.17. The van der Waals surface area contributed by atoms with E-state index in [4.69, 9.17) is 9.47 Å². The minimum atomic E-state index is -3.42. The second-order valence-corrected chi connectivity index (χ2v) is 10.0. The van der Waals surface area contributed by atoms with Crippen LogP contribution in [-0.2, 0) is 9.84 Å². The summed E-state index contributed by atoms with van der Waals surface area (Å²) in [4.78, 5) is 17.5. The molecule has 31 heavy (non-hydrogen) atoms. The number of fused-ring (bicyclic) bond motifs is 2. The van der Waals surface area contributed by atoms with Gasteiger partial charge in [0.15, 0.2) is 21.3 Å². The summed E-state index contributed by atoms with van der Waals surface area (Å²) in [5.41, 5.74) is 1.65. The summed E-state index contributed by atoms with van der Waals surface area (Å²) in [5.74, 6) is 1.28. The summed E-state index contributed by atoms with van der Waals surface area (Å²) >= 11 is 1.40. The van der Waals surface area contributed by atoms with Gasteiger partial charge in [0.05, 0.1) is 20.8 Å². The average molecular weight is 457 g/mol. The van der Waals surface area contributed by atoms with E-state index >= 15 is 0 Å². The van der Waals surface area contributed by atoms with E-state index in [1.165, 1.54) is 29.5 Å². The highest BCUT2D eigenvalue weighted by atomic mass is 32.2. The Morgan fingerprint density at radius 2 is 1.94 bits per heavy atom. The van der Waals surface area contributed by atoms with Crippen LogP contribution in [0.5, 0.6) is 11.5 Å². The minimum absolute atomic E-state index is 0.0773. The summed E-state index contributed by atoms with van der Waals surface area (Å²) in [6.45, 7) is 1.99. The molecule has 5 rings (SSSR count). The second kappa shape index (κ2) is 7.06. The molecule has 0 bridgehead atoms. The van der Waals surface area contributed by atoms with Crippen LogP contribution in [0.15, 0.2) is 47.4 Å². The number of hydrogen-bond acceptors (Lipinski definition) is 8. The Labute approximate surface area is 181 Å². The van der Waals surface area contributed by atoms with Crippen LogP contribution in [0.4, 0.5) is 5.82 Å². The van der Waals surface area contributed by atoms with Gasteiger partial charge < -0.3 is 14.8 Å². The lowest BCUT2D eigenvalue weighted by Gasteiger charge is -2.07. The molecule has 2 aromatic heterocycles. The Kier molecular flexibility index (Phi) is 4.45. The first-order chi connectivity index (χ1) is 14.8. The second-order valence-electron chi connectivity index (χ2n) is 7.01. The predicted octanol–water partition coefficient (Wildman–Crippen LogP) is 3.17. The molecule has 3 heterocycles. The molecule has 0 unspecified atom stereocenters. The highest BCUT2D eigenvalue weighted by molar-refractivity contribution is 7.90. The Morgan fingerprint density at radius 1 is 1.16 bits per heavy atom. The van der Waals surface area contributed by atoms with Crippen LogP contribution < -0.4 is 14.8 Å². The van der Waals surface area contributed by atoms with Crippen molar-refractivity contribution >= 4 is 43.1 Å². The maximum Gasteiger partial charge on any atom is 0.256 e. The van der Waals surface area contributed by atoms with Crippen LogP contribution in [0.2, 0.25) is 0 Å². The molecular weight excluding hydrogens is 440 g/mol. The zero-order chi connectivity index (χ0) is 21.8. The number of amides is 1. The van der Waals surface area contributed by atoms with Crippen molar-refractivity contribution in [2.75, 3.05) is 18.4 Å². The van der Waals surface area contributed by atoms with Crippen LogP contribution in [-0.4, -0.2) is 42.1 Å². The van der Waals surface area contributed by atoms with Crippen molar-refractivity contribution in [3.05, 3.63) is 53.7 Å². The fourth-order valence-electron chi connectivity index (χ4n) is 3.19. The largest absolute Gasteiger partial charge is 0.454 e. The summed E-state index contributed by atoms with van der Waals surface area (Å²) in [6.07, 6.45) is 1.10. The van der Waals surface area contributed by atoms with Crippen molar-refractivity contribution in [1.82, 2.24) is 14.8 Å². The lowest BCUT2D eigenvalue weighted by molar-refractivity contribution is 0.102. The van der Waals surface area contributed by atoms with Gasteiger partial charge in [0.25, 0.3) is 5.91 Å². The Morgan fingerprint density at radius 3 is 2.71 bits per heavy atom. The van der Waals surface area contributed by atoms with Crippen LogP contribution in [0.1, 0.15) is 16.1 Å². The van der Waals surface area contributed by atoms with Crippen LogP contribution in [0.3, 0.4) is 0 Å². The number of nitrogens with one attached hydrogen (secondary N) is 1. The highest BCUT2D eigenvalue weighted by Crippen LogP contribution is 2.39. The zero-order valence-corrected chi connectivity index (χ0v) is 18.1. The van der Waals surface area contributed by atoms with E-state index in [0.29, 0.717) is 28.1 Å². The smallest absolute Gasteiger partial charge is 0.256 e. The van der Waals surface area contributed by atoms with E-state index in [1.54, 1.807) is 23.7 Å². The molecule has 1 aliphatic heterocycles.